The zero-order valence-corrected chi connectivity index (χ0v) is 10.8. The maximum Gasteiger partial charge on any atom is 0.267 e. The topological polar surface area (TPSA) is 61.2 Å². The van der Waals surface area contributed by atoms with Gasteiger partial charge in [-0.25, -0.2) is 4.68 Å². The Morgan fingerprint density at radius 1 is 1.21 bits per heavy atom. The second-order valence-electron chi connectivity index (χ2n) is 4.12. The van der Waals surface area contributed by atoms with E-state index in [4.69, 9.17) is 4.74 Å². The molecule has 0 amide bonds. The van der Waals surface area contributed by atoms with Crippen molar-refractivity contribution in [3.05, 3.63) is 58.0 Å². The van der Waals surface area contributed by atoms with Crippen molar-refractivity contribution in [1.82, 2.24) is 9.78 Å². The highest BCUT2D eigenvalue weighted by Crippen LogP contribution is 2.11. The fourth-order valence-corrected chi connectivity index (χ4v) is 1.67. The van der Waals surface area contributed by atoms with Crippen LogP contribution in [0.4, 0.5) is 0 Å². The summed E-state index contributed by atoms with van der Waals surface area (Å²) in [6, 6.07) is 9.78. The van der Waals surface area contributed by atoms with Crippen LogP contribution in [0.5, 0.6) is 5.75 Å². The molecule has 19 heavy (non-hydrogen) atoms. The highest BCUT2D eigenvalue weighted by Gasteiger charge is 2.09. The Kier molecular flexibility index (Phi) is 3.75. The van der Waals surface area contributed by atoms with Crippen LogP contribution in [0.1, 0.15) is 16.1 Å². The molecule has 0 unspecified atom stereocenters. The summed E-state index contributed by atoms with van der Waals surface area (Å²) in [6.45, 7) is 1.71. The van der Waals surface area contributed by atoms with E-state index < -0.39 is 0 Å². The molecule has 0 fully saturated rings. The van der Waals surface area contributed by atoms with Gasteiger partial charge in [-0.3, -0.25) is 9.59 Å². The predicted molar refractivity (Wildman–Crippen MR) is 70.6 cm³/mol. The van der Waals surface area contributed by atoms with Crippen molar-refractivity contribution in [3.63, 3.8) is 0 Å². The van der Waals surface area contributed by atoms with E-state index in [1.807, 2.05) is 0 Å². The van der Waals surface area contributed by atoms with Gasteiger partial charge in [0.05, 0.1) is 12.8 Å². The Bertz CT molecular complexity index is 644. The molecule has 1 heterocycles. The molecule has 0 saturated carbocycles. The number of hydrogen-bond donors (Lipinski definition) is 0. The molecule has 0 N–H and O–H groups in total. The lowest BCUT2D eigenvalue weighted by molar-refractivity contribution is 0.0965. The van der Waals surface area contributed by atoms with Gasteiger partial charge in [0.15, 0.2) is 5.78 Å². The molecule has 0 radical (unpaired) electrons. The second-order valence-corrected chi connectivity index (χ2v) is 4.12. The fraction of sp³-hybridized carbons (Fsp3) is 0.214. The van der Waals surface area contributed by atoms with Crippen LogP contribution in [-0.2, 0) is 6.54 Å². The van der Waals surface area contributed by atoms with Crippen molar-refractivity contribution in [3.8, 4) is 5.75 Å². The Morgan fingerprint density at radius 2 is 1.89 bits per heavy atom. The zero-order chi connectivity index (χ0) is 13.8. The highest BCUT2D eigenvalue weighted by atomic mass is 16.5. The molecule has 5 nitrogen and oxygen atoms in total. The molecule has 0 aliphatic carbocycles. The first kappa shape index (κ1) is 13.0. The number of methoxy groups -OCH3 is 1. The van der Waals surface area contributed by atoms with E-state index in [-0.39, 0.29) is 17.9 Å². The SMILES string of the molecule is COc1ccc(C(=O)Cn2nc(C)ccc2=O)cc1. The van der Waals surface area contributed by atoms with Gasteiger partial charge in [-0.05, 0) is 37.3 Å². The number of nitrogens with zero attached hydrogens (tertiary/aromatic N) is 2. The van der Waals surface area contributed by atoms with E-state index in [0.717, 1.165) is 0 Å². The maximum absolute atomic E-state index is 12.0. The van der Waals surface area contributed by atoms with Gasteiger partial charge in [-0.2, -0.15) is 5.10 Å². The van der Waals surface area contributed by atoms with Gasteiger partial charge >= 0.3 is 0 Å². The number of aromatic nitrogens is 2. The summed E-state index contributed by atoms with van der Waals surface area (Å²) in [5, 5.41) is 4.03. The van der Waals surface area contributed by atoms with E-state index in [1.165, 1.54) is 10.7 Å². The van der Waals surface area contributed by atoms with Crippen molar-refractivity contribution in [1.29, 1.82) is 0 Å². The number of ketones is 1. The number of carbonyl (C=O) groups is 1. The third-order valence-corrected chi connectivity index (χ3v) is 2.71. The summed E-state index contributed by atoms with van der Waals surface area (Å²) >= 11 is 0. The van der Waals surface area contributed by atoms with Crippen molar-refractivity contribution in [2.24, 2.45) is 0 Å². The van der Waals surface area contributed by atoms with E-state index in [2.05, 4.69) is 5.10 Å². The molecule has 0 atom stereocenters. The Labute approximate surface area is 110 Å². The van der Waals surface area contributed by atoms with Crippen LogP contribution in [0.15, 0.2) is 41.2 Å². The lowest BCUT2D eigenvalue weighted by Crippen LogP contribution is -2.26. The molecule has 1 aromatic heterocycles. The minimum atomic E-state index is -0.285. The Balaban J connectivity index is 2.20. The van der Waals surface area contributed by atoms with Gasteiger partial charge in [0.25, 0.3) is 5.56 Å². The summed E-state index contributed by atoms with van der Waals surface area (Å²) in [5.74, 6) is 0.519. The molecule has 98 valence electrons. The van der Waals surface area contributed by atoms with E-state index >= 15 is 0 Å². The number of Topliss-reactive ketones (excluding diaryl/α,β-unsaturated/α-hetero) is 1. The standard InChI is InChI=1S/C14H14N2O3/c1-10-3-8-14(18)16(15-10)9-13(17)11-4-6-12(19-2)7-5-11/h3-8H,9H2,1-2H3. The fourth-order valence-electron chi connectivity index (χ4n) is 1.67. The lowest BCUT2D eigenvalue weighted by Gasteiger charge is -2.05. The molecular weight excluding hydrogens is 244 g/mol. The molecule has 5 heteroatoms. The van der Waals surface area contributed by atoms with Crippen LogP contribution >= 0.6 is 0 Å². The number of aryl methyl sites for hydroxylation is 1. The molecule has 2 aromatic rings. The van der Waals surface area contributed by atoms with Gasteiger partial charge in [-0.15, -0.1) is 0 Å². The third-order valence-electron chi connectivity index (χ3n) is 2.71. The van der Waals surface area contributed by atoms with E-state index in [1.54, 1.807) is 44.4 Å². The minimum absolute atomic E-state index is 0.0627. The van der Waals surface area contributed by atoms with E-state index in [0.29, 0.717) is 17.0 Å². The smallest absolute Gasteiger partial charge is 0.267 e. The van der Waals surface area contributed by atoms with Crippen LogP contribution < -0.4 is 10.3 Å². The maximum atomic E-state index is 12.0. The first-order valence-electron chi connectivity index (χ1n) is 5.82. The lowest BCUT2D eigenvalue weighted by atomic mass is 10.1. The van der Waals surface area contributed by atoms with Crippen molar-refractivity contribution >= 4 is 5.78 Å². The van der Waals surface area contributed by atoms with Crippen LogP contribution in [-0.4, -0.2) is 22.7 Å². The van der Waals surface area contributed by atoms with Crippen LogP contribution in [0.3, 0.4) is 0 Å². The van der Waals surface area contributed by atoms with Gasteiger partial charge < -0.3 is 4.74 Å². The summed E-state index contributed by atoms with van der Waals surface area (Å²) in [7, 11) is 1.56. The van der Waals surface area contributed by atoms with E-state index in [9.17, 15) is 9.59 Å². The normalized spacial score (nSPS) is 10.2. The number of carbonyl (C=O) groups excluding carboxylic acids is 1. The number of ether oxygens (including phenoxy) is 1. The number of rotatable bonds is 4. The number of hydrogen-bond acceptors (Lipinski definition) is 4. The largest absolute Gasteiger partial charge is 0.497 e. The summed E-state index contributed by atoms with van der Waals surface area (Å²) in [6.07, 6.45) is 0. The minimum Gasteiger partial charge on any atom is -0.497 e. The molecular formula is C14H14N2O3. The van der Waals surface area contributed by atoms with Crippen molar-refractivity contribution in [2.75, 3.05) is 7.11 Å². The number of benzene rings is 1. The molecule has 1 aromatic carbocycles. The summed E-state index contributed by atoms with van der Waals surface area (Å²) in [5.41, 5.74) is 0.936. The molecule has 0 aliphatic heterocycles. The first-order valence-corrected chi connectivity index (χ1v) is 5.82. The summed E-state index contributed by atoms with van der Waals surface area (Å²) in [4.78, 5) is 23.6. The van der Waals surface area contributed by atoms with Crippen LogP contribution in [0.25, 0.3) is 0 Å². The molecule has 0 aliphatic rings. The quantitative estimate of drug-likeness (QED) is 0.779. The molecule has 2 rings (SSSR count). The van der Waals surface area contributed by atoms with Crippen molar-refractivity contribution in [2.45, 2.75) is 13.5 Å². The Morgan fingerprint density at radius 3 is 2.53 bits per heavy atom. The monoisotopic (exact) mass is 258 g/mol. The van der Waals surface area contributed by atoms with Crippen molar-refractivity contribution < 1.29 is 9.53 Å². The molecule has 0 saturated heterocycles. The van der Waals surface area contributed by atoms with Gasteiger partial charge in [-0.1, -0.05) is 0 Å². The van der Waals surface area contributed by atoms with Gasteiger partial charge in [0.1, 0.15) is 12.3 Å². The van der Waals surface area contributed by atoms with Crippen LogP contribution in [0.2, 0.25) is 0 Å². The summed E-state index contributed by atoms with van der Waals surface area (Å²) < 4.78 is 6.19. The third kappa shape index (κ3) is 3.07. The predicted octanol–water partition coefficient (Wildman–Crippen LogP) is 1.44. The average molecular weight is 258 g/mol. The molecule has 0 spiro atoms. The second kappa shape index (κ2) is 5.48. The zero-order valence-electron chi connectivity index (χ0n) is 10.8. The van der Waals surface area contributed by atoms with Gasteiger partial charge in [0.2, 0.25) is 0 Å². The average Bonchev–Trinajstić information content (AvgIpc) is 2.43. The highest BCUT2D eigenvalue weighted by molar-refractivity contribution is 5.95. The van der Waals surface area contributed by atoms with Crippen LogP contribution in [0, 0.1) is 6.92 Å². The first-order chi connectivity index (χ1) is 9.10. The van der Waals surface area contributed by atoms with Gasteiger partial charge in [0, 0.05) is 11.6 Å². The Hall–Kier alpha value is -2.43. The molecule has 0 bridgehead atoms.